The van der Waals surface area contributed by atoms with Crippen molar-refractivity contribution in [3.8, 4) is 0 Å². The summed E-state index contributed by atoms with van der Waals surface area (Å²) in [6.45, 7) is 0.824. The van der Waals surface area contributed by atoms with E-state index >= 15 is 0 Å². The number of rotatable bonds is 3. The summed E-state index contributed by atoms with van der Waals surface area (Å²) in [7, 11) is 0. The first-order valence-corrected chi connectivity index (χ1v) is 17.1. The highest BCUT2D eigenvalue weighted by molar-refractivity contribution is 5.73. The molecule has 0 aromatic carbocycles. The van der Waals surface area contributed by atoms with Gasteiger partial charge in [-0.1, -0.05) is 0 Å². The van der Waals surface area contributed by atoms with E-state index < -0.39 is 166 Å². The Kier molecular flexibility index (Phi) is 22.8. The quantitative estimate of drug-likeness (QED) is 0.125. The average Bonchev–Trinajstić information content (AvgIpc) is 3.19. The van der Waals surface area contributed by atoms with Gasteiger partial charge < -0.3 is 141 Å². The van der Waals surface area contributed by atoms with Gasteiger partial charge in [-0.3, -0.25) is 0 Å². The molecule has 5 fully saturated rings. The fourth-order valence-corrected chi connectivity index (χ4v) is 5.03. The van der Waals surface area contributed by atoms with Crippen LogP contribution in [0.15, 0.2) is 0 Å². The number of aliphatic hydroxyl groups is 21. The molecule has 30 heteroatoms. The van der Waals surface area contributed by atoms with Crippen LogP contribution in [-0.4, -0.2) is 290 Å². The monoisotopic (exact) mass is 882 g/mol. The van der Waals surface area contributed by atoms with E-state index in [-0.39, 0.29) is 6.61 Å². The molecule has 0 radical (unpaired) electrons. The Morgan fingerprint density at radius 3 is 1.08 bits per heavy atom. The van der Waals surface area contributed by atoms with Crippen LogP contribution in [0.1, 0.15) is 6.92 Å². The predicted octanol–water partition coefficient (Wildman–Crippen LogP) is -14.3. The molecule has 0 amide bonds. The van der Waals surface area contributed by atoms with E-state index in [1.807, 2.05) is 0 Å². The Hall–Kier alpha value is -2.10. The Bertz CT molecular complexity index is 1160. The molecule has 30 nitrogen and oxygen atoms in total. The topological polar surface area (TPSA) is 546 Å². The molecule has 0 aromatic heterocycles. The smallest absolute Gasteiger partial charge is 0.335 e. The van der Waals surface area contributed by atoms with Crippen molar-refractivity contribution in [2.24, 2.45) is 0 Å². The second-order valence-corrected chi connectivity index (χ2v) is 13.2. The van der Waals surface area contributed by atoms with Gasteiger partial charge in [-0.15, -0.1) is 0 Å². The number of carboxylic acids is 2. The fourth-order valence-electron chi connectivity index (χ4n) is 5.03. The summed E-state index contributed by atoms with van der Waals surface area (Å²) in [6, 6.07) is 0. The molecule has 0 unspecified atom stereocenters. The van der Waals surface area contributed by atoms with Crippen LogP contribution in [-0.2, 0) is 33.3 Å². The number of carbonyl (C=O) groups is 2. The maximum absolute atomic E-state index is 10.4. The molecule has 0 spiro atoms. The lowest BCUT2D eigenvalue weighted by Gasteiger charge is -2.37. The lowest BCUT2D eigenvalue weighted by Crippen LogP contribution is -2.59. The van der Waals surface area contributed by atoms with Crippen LogP contribution in [0.3, 0.4) is 0 Å². The third-order valence-electron chi connectivity index (χ3n) is 8.83. The standard InChI is InChI=1S/2C6H10O7.C6H12O6.C6H12O5.C5H10O5/c2*7-1-2(8)4(5(10)11)13-6(12)3(1)9;7-1-2-3(8)4(9)5(10)6(11)12-2;1-2-3(7)4(8)5(9)6(10)11-2;6-2-1-10-5(9)4(8)3(2)7/h2*1-4,6-9,12H,(H,10,11);2-11H,1H2;2-10H,1H3;2-9H,1H2/t1-,2+,3+,4-,6-;1-,2-,3+,4-,6+;2-,3+,4+,5-,6+;2-,3-,4+,5+,6+;2-,3-,4+,5-/m00100/s1. The van der Waals surface area contributed by atoms with Gasteiger partial charge in [0.25, 0.3) is 0 Å². The van der Waals surface area contributed by atoms with E-state index in [0.29, 0.717) is 0 Å². The SMILES string of the molecule is C[C@@H]1O[C@@H](O)[C@H](O)[C@H](O)[C@H]1O.O=C(O)[C@H]1O[C@@H](O)[C@H](O)[C@@H](O)[C@@H]1O.O=C(O)[C@H]1O[C@H](O)[C@H](O)[C@@H](O)[C@H]1O.OC[C@H]1O[C@H](O)[C@H](O)[C@@H](O)[C@H]1O.O[C@@H]1[C@@H](O)[C@@H](O)OC[C@@H]1O. The van der Waals surface area contributed by atoms with Gasteiger partial charge in [0.1, 0.15) is 97.7 Å². The van der Waals surface area contributed by atoms with Crippen LogP contribution in [0.4, 0.5) is 0 Å². The molecule has 350 valence electrons. The van der Waals surface area contributed by atoms with Crippen LogP contribution >= 0.6 is 0 Å². The van der Waals surface area contributed by atoms with Crippen molar-refractivity contribution < 1.29 is 151 Å². The van der Waals surface area contributed by atoms with E-state index in [0.717, 1.165) is 0 Å². The van der Waals surface area contributed by atoms with E-state index in [4.69, 9.17) is 117 Å². The zero-order valence-electron chi connectivity index (χ0n) is 30.4. The minimum absolute atomic E-state index is 0.153. The van der Waals surface area contributed by atoms with Crippen molar-refractivity contribution in [3.63, 3.8) is 0 Å². The van der Waals surface area contributed by atoms with Crippen LogP contribution < -0.4 is 0 Å². The summed E-state index contributed by atoms with van der Waals surface area (Å²) < 4.78 is 22.4. The molecule has 0 aromatic rings. The summed E-state index contributed by atoms with van der Waals surface area (Å²) in [5.74, 6) is -3.03. The number of ether oxygens (including phenoxy) is 5. The van der Waals surface area contributed by atoms with Crippen LogP contribution in [0.25, 0.3) is 0 Å². The molecule has 0 aliphatic carbocycles. The van der Waals surface area contributed by atoms with Crippen molar-refractivity contribution in [2.45, 2.75) is 154 Å². The second kappa shape index (κ2) is 24.5. The lowest BCUT2D eigenvalue weighted by molar-refractivity contribution is -0.286. The summed E-state index contributed by atoms with van der Waals surface area (Å²) >= 11 is 0. The molecule has 59 heavy (non-hydrogen) atoms. The van der Waals surface area contributed by atoms with E-state index in [1.165, 1.54) is 6.92 Å². The first-order chi connectivity index (χ1) is 27.1. The van der Waals surface area contributed by atoms with Crippen molar-refractivity contribution >= 4 is 11.9 Å². The second-order valence-electron chi connectivity index (χ2n) is 13.2. The van der Waals surface area contributed by atoms with Gasteiger partial charge in [0, 0.05) is 0 Å². The van der Waals surface area contributed by atoms with Crippen molar-refractivity contribution in [3.05, 3.63) is 0 Å². The number of hydrogen-bond acceptors (Lipinski definition) is 28. The minimum Gasteiger partial charge on any atom is -0.479 e. The maximum Gasteiger partial charge on any atom is 0.335 e. The van der Waals surface area contributed by atoms with Crippen molar-refractivity contribution in [2.75, 3.05) is 13.2 Å². The van der Waals surface area contributed by atoms with Gasteiger partial charge in [-0.05, 0) is 6.92 Å². The lowest BCUT2D eigenvalue weighted by atomic mass is 9.99. The number of aliphatic hydroxyl groups excluding tert-OH is 21. The van der Waals surface area contributed by atoms with Crippen LogP contribution in [0.2, 0.25) is 0 Å². The zero-order valence-corrected chi connectivity index (χ0v) is 30.4. The van der Waals surface area contributed by atoms with Gasteiger partial charge in [0.05, 0.1) is 19.3 Å². The Morgan fingerprint density at radius 2 is 0.729 bits per heavy atom. The average molecular weight is 883 g/mol. The van der Waals surface area contributed by atoms with Crippen LogP contribution in [0, 0.1) is 0 Å². The number of hydrogen-bond donors (Lipinski definition) is 23. The normalized spacial score (nSPS) is 48.4. The zero-order chi connectivity index (χ0) is 46.0. The first kappa shape index (κ1) is 54.9. The molecule has 5 aliphatic rings. The summed E-state index contributed by atoms with van der Waals surface area (Å²) in [5, 5.41) is 205. The van der Waals surface area contributed by atoms with Gasteiger partial charge in [0.15, 0.2) is 43.7 Å². The predicted molar refractivity (Wildman–Crippen MR) is 174 cm³/mol. The fraction of sp³-hybridized carbons (Fsp3) is 0.931. The van der Waals surface area contributed by atoms with Gasteiger partial charge in [-0.25, -0.2) is 9.59 Å². The van der Waals surface area contributed by atoms with Crippen molar-refractivity contribution in [1.29, 1.82) is 0 Å². The molecule has 5 rings (SSSR count). The summed E-state index contributed by atoms with van der Waals surface area (Å²) in [6.07, 6.45) is -35.7. The highest BCUT2D eigenvalue weighted by Gasteiger charge is 2.48. The third kappa shape index (κ3) is 14.8. The number of carboxylic acid groups (broad SMARTS) is 2. The van der Waals surface area contributed by atoms with Gasteiger partial charge in [0.2, 0.25) is 0 Å². The molecule has 23 N–H and O–H groups in total. The molecule has 0 bridgehead atoms. The highest BCUT2D eigenvalue weighted by Crippen LogP contribution is 2.22. The summed E-state index contributed by atoms with van der Waals surface area (Å²) in [4.78, 5) is 20.7. The maximum atomic E-state index is 10.4. The highest BCUT2D eigenvalue weighted by atomic mass is 16.7. The first-order valence-electron chi connectivity index (χ1n) is 17.1. The van der Waals surface area contributed by atoms with Gasteiger partial charge in [-0.2, -0.15) is 0 Å². The molecule has 5 saturated heterocycles. The molecule has 5 aliphatic heterocycles. The molecular weight excluding hydrogens is 828 g/mol. The Morgan fingerprint density at radius 1 is 0.407 bits per heavy atom. The van der Waals surface area contributed by atoms with Crippen molar-refractivity contribution in [1.82, 2.24) is 0 Å². The Labute approximate surface area is 330 Å². The minimum atomic E-state index is -1.81. The van der Waals surface area contributed by atoms with E-state index in [1.54, 1.807) is 0 Å². The summed E-state index contributed by atoms with van der Waals surface area (Å²) in [5.41, 5.74) is 0. The largest absolute Gasteiger partial charge is 0.479 e. The Balaban J connectivity index is 0.000000370. The molecule has 0 saturated carbocycles. The van der Waals surface area contributed by atoms with E-state index in [2.05, 4.69) is 23.7 Å². The number of aliphatic carboxylic acids is 2. The third-order valence-corrected chi connectivity index (χ3v) is 8.83. The molecule has 24 atom stereocenters. The van der Waals surface area contributed by atoms with E-state index in [9.17, 15) is 9.59 Å². The molecular formula is C29H54O30. The van der Waals surface area contributed by atoms with Crippen LogP contribution in [0.5, 0.6) is 0 Å². The van der Waals surface area contributed by atoms with Gasteiger partial charge >= 0.3 is 11.9 Å². The molecule has 5 heterocycles.